The molecule has 4 unspecified atom stereocenters. The number of ether oxygens (including phenoxy) is 1. The number of nitrogens with zero attached hydrogens (tertiary/aromatic N) is 1. The fourth-order valence-corrected chi connectivity index (χ4v) is 6.89. The molecule has 0 radical (unpaired) electrons. The first kappa shape index (κ1) is 23.8. The van der Waals surface area contributed by atoms with Crippen LogP contribution in [0, 0.1) is 0 Å². The molecular formula is C37H29N3O2. The Morgan fingerprint density at radius 2 is 1.76 bits per heavy atom. The molecule has 5 heteroatoms. The standard InChI is InChI=1S/C37H29N3O2/c1-2-9-22(10-3-1)35-38-36(40-37(39-35)29-13-8-16-32-33(29)28-12-5-7-15-31(28)41-32)24-18-19-25-23(21-24)17-20-27-26-11-4-6-14-30(26)42-34(25)27/h2,4-21,28,31,35-36,38H,1,3H2,(H,39,40). The summed E-state index contributed by atoms with van der Waals surface area (Å²) in [5.74, 6) is 2.01. The van der Waals surface area contributed by atoms with Crippen LogP contribution in [0.15, 0.2) is 130 Å². The van der Waals surface area contributed by atoms with Crippen LogP contribution in [0.5, 0.6) is 5.75 Å². The van der Waals surface area contributed by atoms with Crippen molar-refractivity contribution in [3.8, 4) is 5.75 Å². The SMILES string of the molecule is C1=CC2Oc3cccc(C4=NC(c5ccc6c(ccc7c8ccccc8oc67)c5)NC(C5=CCCC=C5)N4)c3C2C=C1. The Morgan fingerprint density at radius 1 is 0.833 bits per heavy atom. The first-order valence-electron chi connectivity index (χ1n) is 14.8. The average Bonchev–Trinajstić information content (AvgIpc) is 3.63. The minimum absolute atomic E-state index is 0.0274. The highest BCUT2D eigenvalue weighted by atomic mass is 16.5. The fraction of sp³-hybridized carbons (Fsp3) is 0.162. The van der Waals surface area contributed by atoms with E-state index in [1.807, 2.05) is 12.1 Å². The maximum Gasteiger partial charge on any atom is 0.143 e. The molecule has 3 heterocycles. The van der Waals surface area contributed by atoms with Gasteiger partial charge in [0.25, 0.3) is 0 Å². The Morgan fingerprint density at radius 3 is 2.71 bits per heavy atom. The van der Waals surface area contributed by atoms with Gasteiger partial charge in [0.1, 0.15) is 41.2 Å². The van der Waals surface area contributed by atoms with Gasteiger partial charge in [-0.05, 0) is 59.7 Å². The molecular weight excluding hydrogens is 518 g/mol. The largest absolute Gasteiger partial charge is 0.485 e. The number of rotatable bonds is 3. The van der Waals surface area contributed by atoms with Crippen molar-refractivity contribution in [2.75, 3.05) is 0 Å². The van der Waals surface area contributed by atoms with Gasteiger partial charge in [0.05, 0.1) is 0 Å². The van der Waals surface area contributed by atoms with Crippen LogP contribution < -0.4 is 15.4 Å². The van der Waals surface area contributed by atoms with E-state index in [0.717, 1.165) is 68.3 Å². The Kier molecular flexibility index (Phi) is 5.29. The van der Waals surface area contributed by atoms with Crippen molar-refractivity contribution in [1.82, 2.24) is 10.6 Å². The molecule has 0 bridgehead atoms. The number of allylic oxidation sites excluding steroid dienone is 4. The average molecular weight is 548 g/mol. The van der Waals surface area contributed by atoms with E-state index in [9.17, 15) is 0 Å². The van der Waals surface area contributed by atoms with Gasteiger partial charge >= 0.3 is 0 Å². The van der Waals surface area contributed by atoms with Gasteiger partial charge in [-0.3, -0.25) is 5.32 Å². The first-order chi connectivity index (χ1) is 20.8. The lowest BCUT2D eigenvalue weighted by atomic mass is 9.88. The molecule has 42 heavy (non-hydrogen) atoms. The van der Waals surface area contributed by atoms with Gasteiger partial charge in [0, 0.05) is 33.2 Å². The number of fused-ring (bicyclic) bond motifs is 8. The summed E-state index contributed by atoms with van der Waals surface area (Å²) < 4.78 is 12.7. The molecule has 0 fully saturated rings. The summed E-state index contributed by atoms with van der Waals surface area (Å²) in [5, 5.41) is 12.1. The van der Waals surface area contributed by atoms with Crippen molar-refractivity contribution in [3.05, 3.63) is 138 Å². The third kappa shape index (κ3) is 3.70. The highest BCUT2D eigenvalue weighted by molar-refractivity contribution is 6.15. The predicted octanol–water partition coefficient (Wildman–Crippen LogP) is 7.95. The highest BCUT2D eigenvalue weighted by Gasteiger charge is 2.36. The molecule has 5 aromatic rings. The van der Waals surface area contributed by atoms with Gasteiger partial charge in [-0.15, -0.1) is 0 Å². The molecule has 0 amide bonds. The quantitative estimate of drug-likeness (QED) is 0.241. The smallest absolute Gasteiger partial charge is 0.143 e. The molecule has 0 saturated carbocycles. The van der Waals surface area contributed by atoms with Gasteiger partial charge in [0.2, 0.25) is 0 Å². The van der Waals surface area contributed by atoms with Crippen molar-refractivity contribution in [3.63, 3.8) is 0 Å². The van der Waals surface area contributed by atoms with Crippen LogP contribution >= 0.6 is 0 Å². The third-order valence-corrected chi connectivity index (χ3v) is 8.92. The van der Waals surface area contributed by atoms with E-state index in [1.54, 1.807) is 0 Å². The van der Waals surface area contributed by atoms with Crippen molar-refractivity contribution in [2.45, 2.75) is 37.2 Å². The van der Waals surface area contributed by atoms with Gasteiger partial charge in [0.15, 0.2) is 0 Å². The molecule has 2 aliphatic carbocycles. The molecule has 5 nitrogen and oxygen atoms in total. The lowest BCUT2D eigenvalue weighted by Crippen LogP contribution is -2.52. The molecule has 2 aliphatic heterocycles. The predicted molar refractivity (Wildman–Crippen MR) is 169 cm³/mol. The zero-order valence-corrected chi connectivity index (χ0v) is 23.0. The summed E-state index contributed by atoms with van der Waals surface area (Å²) in [6.45, 7) is 0. The van der Waals surface area contributed by atoms with E-state index >= 15 is 0 Å². The van der Waals surface area contributed by atoms with Crippen LogP contribution in [0.2, 0.25) is 0 Å². The Labute approximate surface area is 243 Å². The maximum atomic E-state index is 6.33. The van der Waals surface area contributed by atoms with Crippen LogP contribution in [0.3, 0.4) is 0 Å². The number of aliphatic imine (C=N–C) groups is 1. The van der Waals surface area contributed by atoms with E-state index in [2.05, 4.69) is 114 Å². The molecule has 0 spiro atoms. The lowest BCUT2D eigenvalue weighted by molar-refractivity contribution is 0.269. The van der Waals surface area contributed by atoms with Gasteiger partial charge in [-0.1, -0.05) is 85.0 Å². The monoisotopic (exact) mass is 547 g/mol. The van der Waals surface area contributed by atoms with E-state index in [1.165, 1.54) is 11.1 Å². The summed E-state index contributed by atoms with van der Waals surface area (Å²) in [4.78, 5) is 5.31. The number of hydrogen-bond donors (Lipinski definition) is 2. The van der Waals surface area contributed by atoms with Crippen LogP contribution in [-0.4, -0.2) is 18.1 Å². The van der Waals surface area contributed by atoms with Crippen LogP contribution in [-0.2, 0) is 0 Å². The topological polar surface area (TPSA) is 58.8 Å². The normalized spacial score (nSPS) is 24.3. The summed E-state index contributed by atoms with van der Waals surface area (Å²) >= 11 is 0. The van der Waals surface area contributed by atoms with Crippen molar-refractivity contribution < 1.29 is 9.15 Å². The third-order valence-electron chi connectivity index (χ3n) is 8.92. The van der Waals surface area contributed by atoms with Crippen molar-refractivity contribution in [1.29, 1.82) is 0 Å². The maximum absolute atomic E-state index is 6.33. The van der Waals surface area contributed by atoms with Crippen LogP contribution in [0.1, 0.15) is 41.6 Å². The van der Waals surface area contributed by atoms with E-state index in [-0.39, 0.29) is 24.4 Å². The molecule has 204 valence electrons. The van der Waals surface area contributed by atoms with Gasteiger partial charge in [-0.2, -0.15) is 0 Å². The number of benzene rings is 4. The summed E-state index contributed by atoms with van der Waals surface area (Å²) in [6, 6.07) is 25.5. The van der Waals surface area contributed by atoms with Crippen LogP contribution in [0.25, 0.3) is 32.7 Å². The Hall–Kier alpha value is -4.87. The van der Waals surface area contributed by atoms with Crippen molar-refractivity contribution >= 4 is 38.5 Å². The van der Waals surface area contributed by atoms with Crippen molar-refractivity contribution in [2.24, 2.45) is 4.99 Å². The Bertz CT molecular complexity index is 2060. The summed E-state index contributed by atoms with van der Waals surface area (Å²) in [6.07, 6.45) is 17.2. The zero-order chi connectivity index (χ0) is 27.6. The molecule has 2 N–H and O–H groups in total. The number of furan rings is 1. The minimum Gasteiger partial charge on any atom is -0.485 e. The number of amidine groups is 1. The fourth-order valence-electron chi connectivity index (χ4n) is 6.89. The highest BCUT2D eigenvalue weighted by Crippen LogP contribution is 2.44. The molecule has 9 rings (SSSR count). The number of nitrogens with one attached hydrogen (secondary N) is 2. The van der Waals surface area contributed by atoms with Crippen LogP contribution in [0.4, 0.5) is 0 Å². The molecule has 4 aromatic carbocycles. The second-order valence-electron chi connectivity index (χ2n) is 11.4. The molecule has 4 atom stereocenters. The van der Waals surface area contributed by atoms with Gasteiger partial charge in [-0.25, -0.2) is 4.99 Å². The second-order valence-corrected chi connectivity index (χ2v) is 11.4. The van der Waals surface area contributed by atoms with E-state index in [4.69, 9.17) is 14.1 Å². The summed E-state index contributed by atoms with van der Waals surface area (Å²) in [5.41, 5.74) is 6.51. The first-order valence-corrected chi connectivity index (χ1v) is 14.8. The Balaban J connectivity index is 1.16. The summed E-state index contributed by atoms with van der Waals surface area (Å²) in [7, 11) is 0. The number of para-hydroxylation sites is 1. The van der Waals surface area contributed by atoms with E-state index in [0.29, 0.717) is 0 Å². The zero-order valence-electron chi connectivity index (χ0n) is 23.0. The molecule has 4 aliphatic rings. The second kappa shape index (κ2) is 9.33. The van der Waals surface area contributed by atoms with E-state index < -0.39 is 0 Å². The molecule has 0 saturated heterocycles. The molecule has 1 aromatic heterocycles. The number of hydrogen-bond acceptors (Lipinski definition) is 5. The lowest BCUT2D eigenvalue weighted by Gasteiger charge is -2.34. The minimum atomic E-state index is -0.228. The van der Waals surface area contributed by atoms with Gasteiger partial charge < -0.3 is 14.5 Å².